The van der Waals surface area contributed by atoms with Crippen LogP contribution in [0.1, 0.15) is 25.7 Å². The topological polar surface area (TPSA) is 0 Å². The summed E-state index contributed by atoms with van der Waals surface area (Å²) in [6.45, 7) is 0. The van der Waals surface area contributed by atoms with Gasteiger partial charge in [0.2, 0.25) is 0 Å². The van der Waals surface area contributed by atoms with Crippen LogP contribution in [0.4, 0.5) is 0 Å². The molecule has 0 N–H and O–H groups in total. The van der Waals surface area contributed by atoms with Gasteiger partial charge in [0.1, 0.15) is 0 Å². The molecule has 68 valence electrons. The van der Waals surface area contributed by atoms with E-state index >= 15 is 0 Å². The SMILES string of the molecule is C1=C\CCCC\C=C/1.Cl.Cl.[Ru]. The normalized spacial score (nSPS) is 20.4. The van der Waals surface area contributed by atoms with Gasteiger partial charge < -0.3 is 0 Å². The van der Waals surface area contributed by atoms with Crippen LogP contribution in [0.5, 0.6) is 0 Å². The van der Waals surface area contributed by atoms with E-state index in [-0.39, 0.29) is 44.3 Å². The first-order chi connectivity index (χ1) is 4.00. The molecule has 0 nitrogen and oxygen atoms in total. The van der Waals surface area contributed by atoms with E-state index in [1.165, 1.54) is 25.7 Å². The smallest absolute Gasteiger partial charge is 0 e. The second kappa shape index (κ2) is 13.3. The Labute approximate surface area is 94.1 Å². The first-order valence-electron chi connectivity index (χ1n) is 3.32. The maximum Gasteiger partial charge on any atom is 0 e. The van der Waals surface area contributed by atoms with Crippen molar-refractivity contribution in [2.75, 3.05) is 0 Å². The summed E-state index contributed by atoms with van der Waals surface area (Å²) in [5, 5.41) is 0. The predicted molar refractivity (Wildman–Crippen MR) is 51.2 cm³/mol. The van der Waals surface area contributed by atoms with E-state index in [1.54, 1.807) is 0 Å². The fourth-order valence-electron chi connectivity index (χ4n) is 0.874. The minimum Gasteiger partial charge on any atom is -0.147 e. The van der Waals surface area contributed by atoms with E-state index in [0.29, 0.717) is 0 Å². The van der Waals surface area contributed by atoms with Crippen LogP contribution in [0.3, 0.4) is 0 Å². The molecule has 0 saturated heterocycles. The van der Waals surface area contributed by atoms with Gasteiger partial charge in [-0.05, 0) is 25.7 Å². The van der Waals surface area contributed by atoms with Crippen molar-refractivity contribution in [1.29, 1.82) is 0 Å². The van der Waals surface area contributed by atoms with E-state index < -0.39 is 0 Å². The van der Waals surface area contributed by atoms with Crippen LogP contribution in [0.25, 0.3) is 0 Å². The van der Waals surface area contributed by atoms with Gasteiger partial charge in [0.15, 0.2) is 0 Å². The van der Waals surface area contributed by atoms with Gasteiger partial charge in [-0.25, -0.2) is 0 Å². The third-order valence-corrected chi connectivity index (χ3v) is 1.37. The van der Waals surface area contributed by atoms with Crippen molar-refractivity contribution in [3.8, 4) is 0 Å². The molecule has 11 heavy (non-hydrogen) atoms. The number of hydrogen-bond donors (Lipinski definition) is 0. The van der Waals surface area contributed by atoms with Crippen LogP contribution >= 0.6 is 24.8 Å². The number of hydrogen-bond acceptors (Lipinski definition) is 0. The van der Waals surface area contributed by atoms with Crippen molar-refractivity contribution in [3.05, 3.63) is 24.3 Å². The molecule has 0 amide bonds. The molecule has 0 spiro atoms. The van der Waals surface area contributed by atoms with Crippen LogP contribution in [0.2, 0.25) is 0 Å². The predicted octanol–water partition coefficient (Wildman–Crippen LogP) is 3.51. The zero-order valence-corrected chi connectivity index (χ0v) is 9.68. The Bertz CT molecular complexity index is 96.7. The van der Waals surface area contributed by atoms with E-state index in [9.17, 15) is 0 Å². The molecule has 0 aromatic heterocycles. The monoisotopic (exact) mass is 282 g/mol. The Balaban J connectivity index is -0.000000213. The van der Waals surface area contributed by atoms with Gasteiger partial charge in [0.25, 0.3) is 0 Å². The van der Waals surface area contributed by atoms with E-state index in [2.05, 4.69) is 24.3 Å². The zero-order valence-electron chi connectivity index (χ0n) is 6.31. The maximum absolute atomic E-state index is 2.23. The average molecular weight is 282 g/mol. The van der Waals surface area contributed by atoms with E-state index in [0.717, 1.165) is 0 Å². The Morgan fingerprint density at radius 3 is 1.45 bits per heavy atom. The quantitative estimate of drug-likeness (QED) is 0.596. The summed E-state index contributed by atoms with van der Waals surface area (Å²) in [5.74, 6) is 0. The summed E-state index contributed by atoms with van der Waals surface area (Å²) in [6, 6.07) is 0. The Morgan fingerprint density at radius 2 is 1.09 bits per heavy atom. The van der Waals surface area contributed by atoms with Crippen LogP contribution in [0.15, 0.2) is 24.3 Å². The molecular formula is C8H14Cl2Ru. The fraction of sp³-hybridized carbons (Fsp3) is 0.500. The Morgan fingerprint density at radius 1 is 0.727 bits per heavy atom. The number of halogens is 2. The summed E-state index contributed by atoms with van der Waals surface area (Å²) in [4.78, 5) is 0. The van der Waals surface area contributed by atoms with Gasteiger partial charge in [-0.2, -0.15) is 0 Å². The Hall–Kier alpha value is 0.683. The van der Waals surface area contributed by atoms with Crippen molar-refractivity contribution in [2.24, 2.45) is 0 Å². The summed E-state index contributed by atoms with van der Waals surface area (Å²) >= 11 is 0. The van der Waals surface area contributed by atoms with Gasteiger partial charge >= 0.3 is 0 Å². The van der Waals surface area contributed by atoms with Crippen molar-refractivity contribution in [3.63, 3.8) is 0 Å². The molecular weight excluding hydrogens is 268 g/mol. The van der Waals surface area contributed by atoms with Crippen molar-refractivity contribution in [2.45, 2.75) is 25.7 Å². The third-order valence-electron chi connectivity index (χ3n) is 1.37. The van der Waals surface area contributed by atoms with Gasteiger partial charge in [0, 0.05) is 19.5 Å². The summed E-state index contributed by atoms with van der Waals surface area (Å²) in [5.41, 5.74) is 0. The van der Waals surface area contributed by atoms with Gasteiger partial charge in [-0.15, -0.1) is 24.8 Å². The second-order valence-electron chi connectivity index (χ2n) is 2.14. The molecule has 1 rings (SSSR count). The van der Waals surface area contributed by atoms with Gasteiger partial charge in [0.05, 0.1) is 0 Å². The summed E-state index contributed by atoms with van der Waals surface area (Å²) in [6.07, 6.45) is 14.0. The van der Waals surface area contributed by atoms with Crippen LogP contribution < -0.4 is 0 Å². The Kier molecular flexibility index (Phi) is 21.4. The standard InChI is InChI=1S/C8H12.2ClH.Ru/c1-2-4-6-8-7-5-3-1;;;/h1-4H,5-8H2;2*1H;/b3-1-,4-2-;;;. The van der Waals surface area contributed by atoms with Crippen molar-refractivity contribution >= 4 is 24.8 Å². The molecule has 1 aliphatic carbocycles. The molecule has 0 radical (unpaired) electrons. The molecule has 0 atom stereocenters. The molecule has 0 unspecified atom stereocenters. The maximum atomic E-state index is 2.23. The molecule has 0 aromatic rings. The van der Waals surface area contributed by atoms with Crippen LogP contribution in [-0.2, 0) is 19.5 Å². The number of rotatable bonds is 0. The molecule has 0 fully saturated rings. The first-order valence-corrected chi connectivity index (χ1v) is 3.32. The van der Waals surface area contributed by atoms with Crippen LogP contribution in [-0.4, -0.2) is 0 Å². The van der Waals surface area contributed by atoms with E-state index in [1.807, 2.05) is 0 Å². The fourth-order valence-corrected chi connectivity index (χ4v) is 0.874. The van der Waals surface area contributed by atoms with Crippen LogP contribution in [0, 0.1) is 0 Å². The van der Waals surface area contributed by atoms with E-state index in [4.69, 9.17) is 0 Å². The minimum atomic E-state index is 0. The first kappa shape index (κ1) is 17.7. The molecule has 0 aliphatic heterocycles. The number of allylic oxidation sites excluding steroid dienone is 4. The summed E-state index contributed by atoms with van der Waals surface area (Å²) < 4.78 is 0. The summed E-state index contributed by atoms with van der Waals surface area (Å²) in [7, 11) is 0. The molecule has 0 heterocycles. The third kappa shape index (κ3) is 10.7. The second-order valence-corrected chi connectivity index (χ2v) is 2.14. The molecule has 0 bridgehead atoms. The molecule has 1 aliphatic rings. The zero-order chi connectivity index (χ0) is 5.66. The van der Waals surface area contributed by atoms with Crippen molar-refractivity contribution in [1.82, 2.24) is 0 Å². The van der Waals surface area contributed by atoms with Gasteiger partial charge in [-0.3, -0.25) is 0 Å². The average Bonchev–Trinajstić information content (AvgIpc) is 1.62. The molecule has 3 heteroatoms. The minimum absolute atomic E-state index is 0. The van der Waals surface area contributed by atoms with Gasteiger partial charge in [-0.1, -0.05) is 24.3 Å². The molecule has 0 aromatic carbocycles. The molecule has 0 saturated carbocycles. The largest absolute Gasteiger partial charge is 0.147 e. The van der Waals surface area contributed by atoms with Crippen molar-refractivity contribution < 1.29 is 19.5 Å².